The summed E-state index contributed by atoms with van der Waals surface area (Å²) < 4.78 is 63.9. The van der Waals surface area contributed by atoms with Crippen LogP contribution in [-0.2, 0) is 84.5 Å². The number of hydrogen-bond acceptors (Lipinski definition) is 18. The third-order valence-electron chi connectivity index (χ3n) is 12.0. The van der Waals surface area contributed by atoms with Crippen LogP contribution < -0.4 is 0 Å². The highest BCUT2D eigenvalue weighted by Gasteiger charge is 2.58. The van der Waals surface area contributed by atoms with Crippen LogP contribution in [0.2, 0.25) is 0 Å². The Kier molecular flexibility index (Phi) is 19.3. The van der Waals surface area contributed by atoms with Crippen LogP contribution in [0.25, 0.3) is 21.6 Å². The highest BCUT2D eigenvalue weighted by molar-refractivity contribution is 6.76. The largest absolute Gasteiger partial charge is 0.508 e. The molecular weight excluding hydrogens is 1030 g/mol. The first-order chi connectivity index (χ1) is 35.6. The van der Waals surface area contributed by atoms with Crippen molar-refractivity contribution < 1.29 is 76.1 Å². The fourth-order valence-corrected chi connectivity index (χ4v) is 8.76. The number of ether oxygens (including phenoxy) is 11. The van der Waals surface area contributed by atoms with Crippen LogP contribution in [0.15, 0.2) is 114 Å². The van der Waals surface area contributed by atoms with Crippen molar-refractivity contribution >= 4 is 70.5 Å². The molecule has 0 spiro atoms. The quantitative estimate of drug-likeness (QED) is 0.0127. The van der Waals surface area contributed by atoms with Gasteiger partial charge in [0.15, 0.2) is 24.6 Å². The number of carbonyl (C=O) groups excluding carboxylic acids is 5. The van der Waals surface area contributed by atoms with E-state index in [4.69, 9.17) is 92.3 Å². The number of nitrogens with zero attached hydrogens (tertiary/aromatic N) is 3. The summed E-state index contributed by atoms with van der Waals surface area (Å²) in [5.41, 5.74) is 14.9. The predicted molar refractivity (Wildman–Crippen MR) is 263 cm³/mol. The highest BCUT2D eigenvalue weighted by atomic mass is 35.6. The van der Waals surface area contributed by atoms with Gasteiger partial charge < -0.3 is 56.9 Å². The van der Waals surface area contributed by atoms with Gasteiger partial charge in [0.25, 0.3) is 3.79 Å². The molecule has 2 fully saturated rings. The van der Waals surface area contributed by atoms with E-state index < -0.39 is 114 Å². The van der Waals surface area contributed by atoms with Gasteiger partial charge in [-0.2, -0.15) is 0 Å². The first-order valence-electron chi connectivity index (χ1n) is 23.1. The lowest BCUT2D eigenvalue weighted by Crippen LogP contribution is -2.67. The molecule has 0 saturated carbocycles. The van der Waals surface area contributed by atoms with Crippen LogP contribution in [-0.4, -0.2) is 121 Å². The number of benzene rings is 4. The molecule has 0 radical (unpaired) electrons. The highest BCUT2D eigenvalue weighted by Crippen LogP contribution is 2.45. The maximum atomic E-state index is 14.1. The summed E-state index contributed by atoms with van der Waals surface area (Å²) in [5.74, 6) is -4.54. The topological polar surface area (TPSA) is 259 Å². The molecule has 0 bridgehead atoms. The zero-order chi connectivity index (χ0) is 52.9. The Morgan fingerprint density at radius 1 is 0.676 bits per heavy atom. The van der Waals surface area contributed by atoms with Crippen molar-refractivity contribution in [3.05, 3.63) is 142 Å². The lowest BCUT2D eigenvalue weighted by molar-refractivity contribution is -0.346. The van der Waals surface area contributed by atoms with Crippen molar-refractivity contribution in [3.8, 4) is 11.1 Å². The number of alkyl halides is 3. The summed E-state index contributed by atoms with van der Waals surface area (Å²) in [6, 6.07) is 31.2. The van der Waals surface area contributed by atoms with Gasteiger partial charge in [-0.25, -0.2) is 9.59 Å². The van der Waals surface area contributed by atoms with E-state index in [0.29, 0.717) is 11.1 Å². The Morgan fingerprint density at radius 3 is 1.81 bits per heavy atom. The molecule has 4 aromatic carbocycles. The van der Waals surface area contributed by atoms with E-state index in [9.17, 15) is 29.5 Å². The Hall–Kier alpha value is -6.32. The summed E-state index contributed by atoms with van der Waals surface area (Å²) in [6.07, 6.45) is -17.5. The summed E-state index contributed by atoms with van der Waals surface area (Å²) >= 11 is 18.0. The molecule has 2 aliphatic heterocycles. The standard InChI is InChI=1S/C51H51Cl3N4O16/c1-28(59)22-23-38(61)70-45-42(67-25-31-16-8-5-9-17-31)43(73-50(63)68-26-36-34-20-12-10-18-32(34)33-19-11-13-21-35(33)36)44(46(62)64-3)72-48(45)71-40-37(27-65-29(2)60)69-47(74-49(55)51(52,53)54)39(57-58-56)41(40)66-24-30-14-6-4-7-15-30/h4-21,36-37,39-45,47-48,55H,22-27H2,1-3H3/t37-,39-,40-,41-,42+,43+,44-,45-,47?,48-/m1/s1. The molecule has 1 N–H and O–H groups in total. The molecule has 1 unspecified atom stereocenters. The molecule has 2 heterocycles. The SMILES string of the molecule is COC(=O)[C@@H]1O[C@@H](O[C@H]2[C@H](OCc3ccccc3)[C@@H](N=[N+]=[N-])C(OC(=N)C(Cl)(Cl)Cl)O[C@@H]2COC(C)=O)[C@H](OC(=O)CCC(C)=O)[C@@H](OCc2ccccc2)[C@@H]1OC(=O)OCC1c2ccccc2-c2ccccc21. The molecule has 1 aliphatic carbocycles. The second-order valence-electron chi connectivity index (χ2n) is 17.1. The van der Waals surface area contributed by atoms with Gasteiger partial charge in [0.1, 0.15) is 49.5 Å². The van der Waals surface area contributed by atoms with Crippen LogP contribution in [0.3, 0.4) is 0 Å². The number of methoxy groups -OCH3 is 1. The first-order valence-corrected chi connectivity index (χ1v) is 24.2. The minimum absolute atomic E-state index is 0.192. The number of Topliss-reactive ketones (excluding diaryl/α,β-unsaturated/α-hetero) is 1. The van der Waals surface area contributed by atoms with Gasteiger partial charge in [-0.05, 0) is 45.8 Å². The molecule has 0 amide bonds. The summed E-state index contributed by atoms with van der Waals surface area (Å²) in [6.45, 7) is 1.13. The Morgan fingerprint density at radius 2 is 1.26 bits per heavy atom. The third kappa shape index (κ3) is 14.1. The third-order valence-corrected chi connectivity index (χ3v) is 12.6. The van der Waals surface area contributed by atoms with Gasteiger partial charge in [0, 0.05) is 24.2 Å². The van der Waals surface area contributed by atoms with Gasteiger partial charge in [0.05, 0.1) is 26.7 Å². The molecule has 4 aromatic rings. The van der Waals surface area contributed by atoms with Crippen molar-refractivity contribution in [1.82, 2.24) is 0 Å². The van der Waals surface area contributed by atoms with Crippen molar-refractivity contribution in [2.45, 2.75) is 111 Å². The number of nitrogens with one attached hydrogen (secondary N) is 1. The minimum atomic E-state index is -2.44. The molecule has 23 heteroatoms. The molecular formula is C51H51Cl3N4O16. The van der Waals surface area contributed by atoms with Gasteiger partial charge in [-0.3, -0.25) is 15.0 Å². The fraction of sp³-hybridized carbons (Fsp3) is 0.412. The van der Waals surface area contributed by atoms with E-state index in [1.807, 2.05) is 48.5 Å². The number of hydrogen-bond donors (Lipinski definition) is 1. The first kappa shape index (κ1) is 55.4. The zero-order valence-electron chi connectivity index (χ0n) is 40.0. The van der Waals surface area contributed by atoms with Crippen LogP contribution >= 0.6 is 34.8 Å². The Bertz CT molecular complexity index is 2630. The lowest BCUT2D eigenvalue weighted by atomic mass is 9.95. The van der Waals surface area contributed by atoms with Crippen LogP contribution in [0.4, 0.5) is 4.79 Å². The van der Waals surface area contributed by atoms with Gasteiger partial charge in [0.2, 0.25) is 12.2 Å². The number of rotatable bonds is 20. The number of fused-ring (bicyclic) bond motifs is 3. The number of azide groups is 1. The van der Waals surface area contributed by atoms with Gasteiger partial charge in [-0.1, -0.05) is 149 Å². The monoisotopic (exact) mass is 1080 g/mol. The van der Waals surface area contributed by atoms with Crippen LogP contribution in [0.5, 0.6) is 0 Å². The van der Waals surface area contributed by atoms with Crippen molar-refractivity contribution in [1.29, 1.82) is 5.41 Å². The van der Waals surface area contributed by atoms with E-state index in [2.05, 4.69) is 10.0 Å². The van der Waals surface area contributed by atoms with Crippen molar-refractivity contribution in [2.75, 3.05) is 20.3 Å². The van der Waals surface area contributed by atoms with Gasteiger partial charge >= 0.3 is 24.1 Å². The second kappa shape index (κ2) is 25.8. The van der Waals surface area contributed by atoms with Crippen molar-refractivity contribution in [2.24, 2.45) is 5.11 Å². The average Bonchev–Trinajstić information content (AvgIpc) is 3.71. The summed E-state index contributed by atoms with van der Waals surface area (Å²) in [7, 11) is 1.05. The molecule has 0 aromatic heterocycles. The number of carbonyl (C=O) groups is 5. The molecule has 2 saturated heterocycles. The lowest BCUT2D eigenvalue weighted by Gasteiger charge is -2.48. The maximum absolute atomic E-state index is 14.1. The molecule has 74 heavy (non-hydrogen) atoms. The number of halogens is 3. The van der Waals surface area contributed by atoms with E-state index >= 15 is 0 Å². The summed E-state index contributed by atoms with van der Waals surface area (Å²) in [4.78, 5) is 69.5. The maximum Gasteiger partial charge on any atom is 0.508 e. The molecule has 7 rings (SSSR count). The van der Waals surface area contributed by atoms with Crippen molar-refractivity contribution in [3.63, 3.8) is 0 Å². The van der Waals surface area contributed by atoms with E-state index in [1.54, 1.807) is 60.7 Å². The zero-order valence-corrected chi connectivity index (χ0v) is 42.3. The smallest absolute Gasteiger partial charge is 0.467 e. The summed E-state index contributed by atoms with van der Waals surface area (Å²) in [5, 5.41) is 12.3. The molecule has 10 atom stereocenters. The normalized spacial score (nSPS) is 24.2. The Balaban J connectivity index is 1.29. The van der Waals surface area contributed by atoms with Crippen LogP contribution in [0.1, 0.15) is 54.9 Å². The van der Waals surface area contributed by atoms with Crippen LogP contribution in [0, 0.1) is 5.41 Å². The predicted octanol–water partition coefficient (Wildman–Crippen LogP) is 8.39. The van der Waals surface area contributed by atoms with Gasteiger partial charge in [-0.15, -0.1) is 0 Å². The number of esters is 3. The van der Waals surface area contributed by atoms with E-state index in [1.165, 1.54) is 6.92 Å². The average molecular weight is 1080 g/mol. The molecule has 20 nitrogen and oxygen atoms in total. The Labute approximate surface area is 439 Å². The molecule has 3 aliphatic rings. The number of ketones is 1. The van der Waals surface area contributed by atoms with E-state index in [0.717, 1.165) is 36.3 Å². The minimum Gasteiger partial charge on any atom is -0.467 e. The fourth-order valence-electron chi connectivity index (χ4n) is 8.63. The molecule has 392 valence electrons. The van der Waals surface area contributed by atoms with E-state index in [-0.39, 0.29) is 32.0 Å². The second-order valence-corrected chi connectivity index (χ2v) is 19.4.